The Bertz CT molecular complexity index is 471. The first-order valence-corrected chi connectivity index (χ1v) is 8.00. The molecule has 0 heterocycles. The van der Waals surface area contributed by atoms with E-state index in [2.05, 4.69) is 14.9 Å². The molecule has 0 saturated carbocycles. The van der Waals surface area contributed by atoms with Gasteiger partial charge in [0, 0.05) is 25.3 Å². The van der Waals surface area contributed by atoms with Gasteiger partial charge in [0.05, 0.1) is 4.90 Å². The Balaban J connectivity index is 2.61. The Morgan fingerprint density at radius 2 is 1.79 bits per heavy atom. The molecule has 0 aromatic heterocycles. The lowest BCUT2D eigenvalue weighted by atomic mass is 10.3. The van der Waals surface area contributed by atoms with Crippen LogP contribution in [0.25, 0.3) is 0 Å². The Labute approximate surface area is 116 Å². The van der Waals surface area contributed by atoms with Gasteiger partial charge in [-0.1, -0.05) is 6.92 Å². The molecule has 19 heavy (non-hydrogen) atoms. The van der Waals surface area contributed by atoms with Crippen LogP contribution in [0.2, 0.25) is 0 Å². The summed E-state index contributed by atoms with van der Waals surface area (Å²) in [5, 5.41) is 3.13. The highest BCUT2D eigenvalue weighted by atomic mass is 32.2. The predicted octanol–water partition coefficient (Wildman–Crippen LogP) is 1.35. The molecule has 1 aromatic carbocycles. The Morgan fingerprint density at radius 3 is 2.32 bits per heavy atom. The van der Waals surface area contributed by atoms with Gasteiger partial charge in [0.2, 0.25) is 10.0 Å². The summed E-state index contributed by atoms with van der Waals surface area (Å²) >= 11 is 0. The van der Waals surface area contributed by atoms with Gasteiger partial charge >= 0.3 is 0 Å². The summed E-state index contributed by atoms with van der Waals surface area (Å²) in [4.78, 5) is 2.35. The zero-order valence-corrected chi connectivity index (χ0v) is 12.6. The minimum atomic E-state index is -3.40. The molecule has 0 saturated heterocycles. The van der Waals surface area contributed by atoms with E-state index in [9.17, 15) is 8.42 Å². The van der Waals surface area contributed by atoms with Crippen molar-refractivity contribution in [3.05, 3.63) is 24.3 Å². The topological polar surface area (TPSA) is 61.4 Å². The van der Waals surface area contributed by atoms with Crippen LogP contribution in [0.4, 0.5) is 5.69 Å². The SMILES string of the molecule is CCNc1ccc(S(=O)(=O)NCCN(C)CC)cc1. The molecule has 1 rings (SSSR count). The summed E-state index contributed by atoms with van der Waals surface area (Å²) < 4.78 is 26.6. The van der Waals surface area contributed by atoms with Crippen LogP contribution in [-0.2, 0) is 10.0 Å². The average Bonchev–Trinajstić information content (AvgIpc) is 2.39. The highest BCUT2D eigenvalue weighted by Crippen LogP contribution is 2.13. The second kappa shape index (κ2) is 7.47. The van der Waals surface area contributed by atoms with E-state index in [4.69, 9.17) is 0 Å². The third kappa shape index (κ3) is 5.18. The number of benzene rings is 1. The van der Waals surface area contributed by atoms with Crippen molar-refractivity contribution < 1.29 is 8.42 Å². The Kier molecular flexibility index (Phi) is 6.27. The highest BCUT2D eigenvalue weighted by Gasteiger charge is 2.13. The molecule has 5 nitrogen and oxygen atoms in total. The molecule has 0 aliphatic heterocycles. The second-order valence-corrected chi connectivity index (χ2v) is 6.12. The van der Waals surface area contributed by atoms with E-state index in [0.717, 1.165) is 18.8 Å². The molecular weight excluding hydrogens is 262 g/mol. The largest absolute Gasteiger partial charge is 0.385 e. The van der Waals surface area contributed by atoms with Crippen LogP contribution in [0.5, 0.6) is 0 Å². The molecule has 0 amide bonds. The van der Waals surface area contributed by atoms with Crippen molar-refractivity contribution in [2.75, 3.05) is 38.5 Å². The van der Waals surface area contributed by atoms with Crippen LogP contribution in [0.15, 0.2) is 29.2 Å². The molecule has 0 spiro atoms. The maximum Gasteiger partial charge on any atom is 0.240 e. The standard InChI is InChI=1S/C13H23N3O2S/c1-4-14-12-6-8-13(9-7-12)19(17,18)15-10-11-16(3)5-2/h6-9,14-15H,4-5,10-11H2,1-3H3. The highest BCUT2D eigenvalue weighted by molar-refractivity contribution is 7.89. The van der Waals surface area contributed by atoms with Crippen LogP contribution in [0, 0.1) is 0 Å². The van der Waals surface area contributed by atoms with Gasteiger partial charge in [-0.05, 0) is 44.8 Å². The van der Waals surface area contributed by atoms with Crippen LogP contribution in [0.1, 0.15) is 13.8 Å². The first kappa shape index (κ1) is 15.9. The molecule has 0 radical (unpaired) electrons. The number of nitrogens with zero attached hydrogens (tertiary/aromatic N) is 1. The van der Waals surface area contributed by atoms with Crippen molar-refractivity contribution in [2.45, 2.75) is 18.7 Å². The first-order valence-electron chi connectivity index (χ1n) is 6.51. The zero-order chi connectivity index (χ0) is 14.3. The molecule has 1 aromatic rings. The van der Waals surface area contributed by atoms with Crippen LogP contribution in [-0.4, -0.2) is 46.5 Å². The molecule has 6 heteroatoms. The van der Waals surface area contributed by atoms with Crippen LogP contribution >= 0.6 is 0 Å². The van der Waals surface area contributed by atoms with E-state index in [-0.39, 0.29) is 0 Å². The number of rotatable bonds is 8. The maximum atomic E-state index is 12.0. The number of sulfonamides is 1. The summed E-state index contributed by atoms with van der Waals surface area (Å²) in [7, 11) is -1.44. The van der Waals surface area contributed by atoms with Crippen molar-refractivity contribution in [3.8, 4) is 0 Å². The Morgan fingerprint density at radius 1 is 1.16 bits per heavy atom. The van der Waals surface area contributed by atoms with Gasteiger partial charge < -0.3 is 10.2 Å². The lowest BCUT2D eigenvalue weighted by Crippen LogP contribution is -2.32. The normalized spacial score (nSPS) is 11.8. The monoisotopic (exact) mass is 285 g/mol. The lowest BCUT2D eigenvalue weighted by Gasteiger charge is -2.14. The molecule has 0 fully saturated rings. The van der Waals surface area contributed by atoms with Gasteiger partial charge in [0.1, 0.15) is 0 Å². The third-order valence-electron chi connectivity index (χ3n) is 2.87. The minimum Gasteiger partial charge on any atom is -0.385 e. The van der Waals surface area contributed by atoms with E-state index in [0.29, 0.717) is 18.0 Å². The van der Waals surface area contributed by atoms with E-state index in [1.807, 2.05) is 20.9 Å². The van der Waals surface area contributed by atoms with E-state index >= 15 is 0 Å². The number of hydrogen-bond donors (Lipinski definition) is 2. The third-order valence-corrected chi connectivity index (χ3v) is 4.35. The molecule has 108 valence electrons. The number of hydrogen-bond acceptors (Lipinski definition) is 4. The first-order chi connectivity index (χ1) is 8.99. The Hall–Kier alpha value is -1.11. The van der Waals surface area contributed by atoms with Gasteiger partial charge in [-0.3, -0.25) is 0 Å². The van der Waals surface area contributed by atoms with Gasteiger partial charge in [-0.25, -0.2) is 13.1 Å². The number of nitrogens with one attached hydrogen (secondary N) is 2. The fraction of sp³-hybridized carbons (Fsp3) is 0.538. The quantitative estimate of drug-likeness (QED) is 0.757. The van der Waals surface area contributed by atoms with Crippen molar-refractivity contribution in [3.63, 3.8) is 0 Å². The summed E-state index contributed by atoms with van der Waals surface area (Å²) in [6, 6.07) is 6.78. The summed E-state index contributed by atoms with van der Waals surface area (Å²) in [5.41, 5.74) is 0.923. The fourth-order valence-electron chi connectivity index (χ4n) is 1.57. The molecule has 0 aliphatic carbocycles. The van der Waals surface area contributed by atoms with Crippen LogP contribution < -0.4 is 10.0 Å². The number of anilines is 1. The van der Waals surface area contributed by atoms with Crippen molar-refractivity contribution in [1.82, 2.24) is 9.62 Å². The predicted molar refractivity (Wildman–Crippen MR) is 79.0 cm³/mol. The molecule has 2 N–H and O–H groups in total. The summed E-state index contributed by atoms with van der Waals surface area (Å²) in [5.74, 6) is 0. The second-order valence-electron chi connectivity index (χ2n) is 4.35. The van der Waals surface area contributed by atoms with Gasteiger partial charge in [0.15, 0.2) is 0 Å². The van der Waals surface area contributed by atoms with E-state index in [1.54, 1.807) is 24.3 Å². The summed E-state index contributed by atoms with van der Waals surface area (Å²) in [6.45, 7) is 6.87. The molecular formula is C13H23N3O2S. The van der Waals surface area contributed by atoms with Gasteiger partial charge in [-0.15, -0.1) is 0 Å². The lowest BCUT2D eigenvalue weighted by molar-refractivity contribution is 0.358. The van der Waals surface area contributed by atoms with E-state index in [1.165, 1.54) is 0 Å². The van der Waals surface area contributed by atoms with Gasteiger partial charge in [-0.2, -0.15) is 0 Å². The zero-order valence-electron chi connectivity index (χ0n) is 11.8. The molecule has 0 bridgehead atoms. The molecule has 0 unspecified atom stereocenters. The molecule has 0 aliphatic rings. The minimum absolute atomic E-state index is 0.299. The fourth-order valence-corrected chi connectivity index (χ4v) is 2.59. The van der Waals surface area contributed by atoms with Crippen LogP contribution in [0.3, 0.4) is 0 Å². The van der Waals surface area contributed by atoms with E-state index < -0.39 is 10.0 Å². The van der Waals surface area contributed by atoms with Crippen molar-refractivity contribution in [1.29, 1.82) is 0 Å². The average molecular weight is 285 g/mol. The smallest absolute Gasteiger partial charge is 0.240 e. The van der Waals surface area contributed by atoms with Crippen molar-refractivity contribution >= 4 is 15.7 Å². The summed E-state index contributed by atoms with van der Waals surface area (Å²) in [6.07, 6.45) is 0. The van der Waals surface area contributed by atoms with Gasteiger partial charge in [0.25, 0.3) is 0 Å². The van der Waals surface area contributed by atoms with Crippen molar-refractivity contribution in [2.24, 2.45) is 0 Å². The maximum absolute atomic E-state index is 12.0. The molecule has 0 atom stereocenters. The number of likely N-dealkylation sites (N-methyl/N-ethyl adjacent to an activating group) is 1.